The van der Waals surface area contributed by atoms with E-state index in [0.29, 0.717) is 24.7 Å². The summed E-state index contributed by atoms with van der Waals surface area (Å²) < 4.78 is 5.19. The SMILES string of the molecule is CCOc1nc(Cl)nc(NCc2ccc(C#N)cc2)n1. The molecule has 20 heavy (non-hydrogen) atoms. The van der Waals surface area contributed by atoms with E-state index in [1.54, 1.807) is 12.1 Å². The van der Waals surface area contributed by atoms with E-state index in [9.17, 15) is 0 Å². The third kappa shape index (κ3) is 3.80. The van der Waals surface area contributed by atoms with E-state index in [1.807, 2.05) is 19.1 Å². The van der Waals surface area contributed by atoms with Gasteiger partial charge in [-0.3, -0.25) is 0 Å². The van der Waals surface area contributed by atoms with Gasteiger partial charge in [0, 0.05) is 6.54 Å². The van der Waals surface area contributed by atoms with Crippen molar-refractivity contribution in [2.45, 2.75) is 13.5 Å². The predicted octanol–water partition coefficient (Wildman–Crippen LogP) is 2.41. The van der Waals surface area contributed by atoms with Gasteiger partial charge in [-0.2, -0.15) is 20.2 Å². The summed E-state index contributed by atoms with van der Waals surface area (Å²) in [5.74, 6) is 0.345. The first kappa shape index (κ1) is 14.0. The van der Waals surface area contributed by atoms with E-state index in [4.69, 9.17) is 21.6 Å². The Balaban J connectivity index is 2.04. The van der Waals surface area contributed by atoms with Crippen LogP contribution < -0.4 is 10.1 Å². The standard InChI is InChI=1S/C13H12ClN5O/c1-2-20-13-18-11(14)17-12(19-13)16-8-10-5-3-9(7-15)4-6-10/h3-6H,2,8H2,1H3,(H,16,17,18,19). The molecule has 0 atom stereocenters. The van der Waals surface area contributed by atoms with E-state index >= 15 is 0 Å². The lowest BCUT2D eigenvalue weighted by molar-refractivity contribution is 0.312. The van der Waals surface area contributed by atoms with Crippen LogP contribution in [0.15, 0.2) is 24.3 Å². The predicted molar refractivity (Wildman–Crippen MR) is 74.5 cm³/mol. The van der Waals surface area contributed by atoms with E-state index in [2.05, 4.69) is 26.3 Å². The molecule has 0 saturated heterocycles. The van der Waals surface area contributed by atoms with Crippen LogP contribution in [0.2, 0.25) is 5.28 Å². The van der Waals surface area contributed by atoms with Gasteiger partial charge in [0.05, 0.1) is 18.2 Å². The molecule has 1 aromatic carbocycles. The van der Waals surface area contributed by atoms with Crippen molar-refractivity contribution in [1.29, 1.82) is 5.26 Å². The van der Waals surface area contributed by atoms with Crippen molar-refractivity contribution in [3.63, 3.8) is 0 Å². The van der Waals surface area contributed by atoms with Crippen LogP contribution in [-0.4, -0.2) is 21.6 Å². The number of hydrogen-bond acceptors (Lipinski definition) is 6. The van der Waals surface area contributed by atoms with Crippen LogP contribution in [0.4, 0.5) is 5.95 Å². The number of nitrogens with zero attached hydrogens (tertiary/aromatic N) is 4. The second-order valence-corrected chi connectivity index (χ2v) is 4.14. The number of benzene rings is 1. The summed E-state index contributed by atoms with van der Waals surface area (Å²) in [4.78, 5) is 11.9. The van der Waals surface area contributed by atoms with Crippen LogP contribution in [0.3, 0.4) is 0 Å². The lowest BCUT2D eigenvalue weighted by Crippen LogP contribution is -2.07. The number of nitriles is 1. The molecule has 1 heterocycles. The van der Waals surface area contributed by atoms with E-state index in [1.165, 1.54) is 0 Å². The lowest BCUT2D eigenvalue weighted by Gasteiger charge is -2.07. The number of anilines is 1. The molecule has 0 amide bonds. The van der Waals surface area contributed by atoms with E-state index in [0.717, 1.165) is 5.56 Å². The maximum atomic E-state index is 8.73. The molecule has 6 nitrogen and oxygen atoms in total. The molecule has 0 saturated carbocycles. The highest BCUT2D eigenvalue weighted by atomic mass is 35.5. The Bertz CT molecular complexity index is 624. The summed E-state index contributed by atoms with van der Waals surface area (Å²) in [5, 5.41) is 11.8. The van der Waals surface area contributed by atoms with Crippen molar-refractivity contribution >= 4 is 17.5 Å². The van der Waals surface area contributed by atoms with Gasteiger partial charge in [-0.25, -0.2) is 0 Å². The summed E-state index contributed by atoms with van der Waals surface area (Å²) in [6.07, 6.45) is 0. The second-order valence-electron chi connectivity index (χ2n) is 3.81. The summed E-state index contributed by atoms with van der Waals surface area (Å²) in [7, 11) is 0. The van der Waals surface area contributed by atoms with Crippen LogP contribution >= 0.6 is 11.6 Å². The van der Waals surface area contributed by atoms with Crippen LogP contribution in [0, 0.1) is 11.3 Å². The Morgan fingerprint density at radius 1 is 1.25 bits per heavy atom. The normalized spacial score (nSPS) is 9.85. The first-order chi connectivity index (χ1) is 9.71. The summed E-state index contributed by atoms with van der Waals surface area (Å²) in [6.45, 7) is 2.80. The zero-order chi connectivity index (χ0) is 14.4. The fourth-order valence-electron chi connectivity index (χ4n) is 1.48. The van der Waals surface area contributed by atoms with Crippen LogP contribution in [0.25, 0.3) is 0 Å². The molecule has 0 aliphatic rings. The van der Waals surface area contributed by atoms with Gasteiger partial charge in [0.15, 0.2) is 0 Å². The van der Waals surface area contributed by atoms with Crippen LogP contribution in [0.1, 0.15) is 18.1 Å². The van der Waals surface area contributed by atoms with E-state index < -0.39 is 0 Å². The van der Waals surface area contributed by atoms with Gasteiger partial charge >= 0.3 is 6.01 Å². The third-order valence-electron chi connectivity index (χ3n) is 2.39. The fraction of sp³-hybridized carbons (Fsp3) is 0.231. The second kappa shape index (κ2) is 6.68. The molecule has 0 bridgehead atoms. The van der Waals surface area contributed by atoms with Gasteiger partial charge in [0.1, 0.15) is 0 Å². The van der Waals surface area contributed by atoms with Gasteiger partial charge < -0.3 is 10.1 Å². The van der Waals surface area contributed by atoms with Gasteiger partial charge in [0.25, 0.3) is 0 Å². The first-order valence-electron chi connectivity index (χ1n) is 5.98. The van der Waals surface area contributed by atoms with Crippen molar-refractivity contribution in [3.05, 3.63) is 40.7 Å². The minimum Gasteiger partial charge on any atom is -0.464 e. The van der Waals surface area contributed by atoms with Crippen LogP contribution in [-0.2, 0) is 6.54 Å². The molecule has 1 aromatic heterocycles. The molecule has 1 N–H and O–H groups in total. The average Bonchev–Trinajstić information content (AvgIpc) is 2.45. The molecule has 7 heteroatoms. The van der Waals surface area contributed by atoms with Crippen molar-refractivity contribution in [2.75, 3.05) is 11.9 Å². The number of halogens is 1. The zero-order valence-electron chi connectivity index (χ0n) is 10.8. The molecule has 0 aliphatic heterocycles. The number of nitrogens with one attached hydrogen (secondary N) is 1. The quantitative estimate of drug-likeness (QED) is 0.910. The molecule has 0 aliphatic carbocycles. The number of hydrogen-bond donors (Lipinski definition) is 1. The minimum atomic E-state index is 0.0748. The Hall–Kier alpha value is -2.39. The highest BCUT2D eigenvalue weighted by Gasteiger charge is 2.05. The van der Waals surface area contributed by atoms with Crippen molar-refractivity contribution in [2.24, 2.45) is 0 Å². The minimum absolute atomic E-state index is 0.0748. The highest BCUT2D eigenvalue weighted by molar-refractivity contribution is 6.28. The van der Waals surface area contributed by atoms with E-state index in [-0.39, 0.29) is 11.3 Å². The molecule has 2 aromatic rings. The van der Waals surface area contributed by atoms with Crippen molar-refractivity contribution in [1.82, 2.24) is 15.0 Å². The third-order valence-corrected chi connectivity index (χ3v) is 2.56. The van der Waals surface area contributed by atoms with Crippen LogP contribution in [0.5, 0.6) is 6.01 Å². The Labute approximate surface area is 121 Å². The van der Waals surface area contributed by atoms with Crippen molar-refractivity contribution < 1.29 is 4.74 Å². The topological polar surface area (TPSA) is 83.7 Å². The summed E-state index contributed by atoms with van der Waals surface area (Å²) in [5.41, 5.74) is 1.62. The Morgan fingerprint density at radius 3 is 2.65 bits per heavy atom. The molecule has 2 rings (SSSR count). The van der Waals surface area contributed by atoms with Gasteiger partial charge in [-0.05, 0) is 36.2 Å². The fourth-order valence-corrected chi connectivity index (χ4v) is 1.64. The molecule has 0 radical (unpaired) electrons. The molecular weight excluding hydrogens is 278 g/mol. The average molecular weight is 290 g/mol. The smallest absolute Gasteiger partial charge is 0.322 e. The molecule has 0 spiro atoms. The maximum absolute atomic E-state index is 8.73. The van der Waals surface area contributed by atoms with Crippen molar-refractivity contribution in [3.8, 4) is 12.1 Å². The largest absolute Gasteiger partial charge is 0.464 e. The molecule has 102 valence electrons. The lowest BCUT2D eigenvalue weighted by atomic mass is 10.1. The molecule has 0 fully saturated rings. The highest BCUT2D eigenvalue weighted by Crippen LogP contribution is 2.12. The number of ether oxygens (including phenoxy) is 1. The first-order valence-corrected chi connectivity index (χ1v) is 6.36. The van der Waals surface area contributed by atoms with Gasteiger partial charge in [-0.15, -0.1) is 0 Å². The number of rotatable bonds is 5. The monoisotopic (exact) mass is 289 g/mol. The number of aromatic nitrogens is 3. The summed E-state index contributed by atoms with van der Waals surface area (Å²) >= 11 is 5.79. The molecular formula is C13H12ClN5O. The molecule has 0 unspecified atom stereocenters. The Kier molecular flexibility index (Phi) is 4.69. The van der Waals surface area contributed by atoms with Gasteiger partial charge in [0.2, 0.25) is 11.2 Å². The summed E-state index contributed by atoms with van der Waals surface area (Å²) in [6, 6.07) is 9.48. The maximum Gasteiger partial charge on any atom is 0.322 e. The van der Waals surface area contributed by atoms with Gasteiger partial charge in [-0.1, -0.05) is 12.1 Å². The Morgan fingerprint density at radius 2 is 2.00 bits per heavy atom. The zero-order valence-corrected chi connectivity index (χ0v) is 11.6.